The van der Waals surface area contributed by atoms with Crippen molar-refractivity contribution in [3.63, 3.8) is 0 Å². The highest BCUT2D eigenvalue weighted by Gasteiger charge is 2.22. The Labute approximate surface area is 182 Å². The van der Waals surface area contributed by atoms with Gasteiger partial charge in [-0.2, -0.15) is 0 Å². The van der Waals surface area contributed by atoms with Gasteiger partial charge >= 0.3 is 7.60 Å². The minimum atomic E-state index is -4.29. The Morgan fingerprint density at radius 1 is 0.968 bits per heavy atom. The maximum atomic E-state index is 13.4. The number of carbonyl (C=O) groups is 1. The summed E-state index contributed by atoms with van der Waals surface area (Å²) < 4.78 is 17.4. The fourth-order valence-corrected chi connectivity index (χ4v) is 3.98. The molecule has 3 N–H and O–H groups in total. The van der Waals surface area contributed by atoms with Gasteiger partial charge in [0.25, 0.3) is 5.91 Å². The van der Waals surface area contributed by atoms with Crippen LogP contribution in [0.3, 0.4) is 0 Å². The second-order valence-electron chi connectivity index (χ2n) is 7.18. The second kappa shape index (κ2) is 10.4. The second-order valence-corrected chi connectivity index (χ2v) is 8.83. The highest BCUT2D eigenvalue weighted by atomic mass is 31.2. The lowest BCUT2D eigenvalue weighted by atomic mass is 9.98. The Balaban J connectivity index is 2.01. The van der Waals surface area contributed by atoms with E-state index in [-0.39, 0.29) is 0 Å². The maximum Gasteiger partial charge on any atom is 0.329 e. The fourth-order valence-electron chi connectivity index (χ4n) is 3.26. The van der Waals surface area contributed by atoms with E-state index in [0.29, 0.717) is 29.2 Å². The van der Waals surface area contributed by atoms with Crippen LogP contribution in [0.1, 0.15) is 35.7 Å². The maximum absolute atomic E-state index is 13.4. The van der Waals surface area contributed by atoms with Crippen molar-refractivity contribution in [1.29, 1.82) is 0 Å². The zero-order valence-corrected chi connectivity index (χ0v) is 18.2. The van der Waals surface area contributed by atoms with Crippen LogP contribution in [0.5, 0.6) is 5.75 Å². The summed E-state index contributed by atoms with van der Waals surface area (Å²) in [6.45, 7) is 2.55. The van der Waals surface area contributed by atoms with Gasteiger partial charge in [-0.15, -0.1) is 0 Å². The number of ether oxygens (including phenoxy) is 1. The highest BCUT2D eigenvalue weighted by molar-refractivity contribution is 7.50. The summed E-state index contributed by atoms with van der Waals surface area (Å²) in [5.74, 6) is 0.0730. The minimum Gasteiger partial charge on any atom is -0.493 e. The summed E-state index contributed by atoms with van der Waals surface area (Å²) in [5.41, 5.74) is 2.71. The predicted molar refractivity (Wildman–Crippen MR) is 122 cm³/mol. The van der Waals surface area contributed by atoms with Crippen molar-refractivity contribution in [2.45, 2.75) is 25.9 Å². The first-order valence-corrected chi connectivity index (χ1v) is 11.9. The van der Waals surface area contributed by atoms with Gasteiger partial charge in [-0.25, -0.2) is 0 Å². The smallest absolute Gasteiger partial charge is 0.329 e. The van der Waals surface area contributed by atoms with E-state index in [9.17, 15) is 19.1 Å². The molecule has 0 aliphatic carbocycles. The van der Waals surface area contributed by atoms with Gasteiger partial charge in [0.05, 0.1) is 18.3 Å². The van der Waals surface area contributed by atoms with Gasteiger partial charge in [0.2, 0.25) is 0 Å². The number of anilines is 1. The zero-order chi connectivity index (χ0) is 22.3. The molecule has 1 amide bonds. The first kappa shape index (κ1) is 22.8. The highest BCUT2D eigenvalue weighted by Crippen LogP contribution is 2.41. The molecule has 0 saturated heterocycles. The van der Waals surface area contributed by atoms with Crippen molar-refractivity contribution >= 4 is 19.2 Å². The molecule has 3 aromatic carbocycles. The molecule has 3 aromatic rings. The van der Waals surface area contributed by atoms with Gasteiger partial charge < -0.3 is 19.8 Å². The van der Waals surface area contributed by atoms with Crippen LogP contribution >= 0.6 is 7.60 Å². The molecule has 0 aliphatic rings. The van der Waals surface area contributed by atoms with E-state index in [0.717, 1.165) is 24.0 Å². The molecule has 162 valence electrons. The van der Waals surface area contributed by atoms with Crippen LogP contribution in [-0.2, 0) is 10.7 Å². The lowest BCUT2D eigenvalue weighted by Crippen LogP contribution is -2.16. The Hall–Kier alpha value is -2.92. The van der Waals surface area contributed by atoms with E-state index in [1.54, 1.807) is 30.3 Å². The molecule has 0 aliphatic heterocycles. The van der Waals surface area contributed by atoms with E-state index in [2.05, 4.69) is 12.2 Å². The van der Waals surface area contributed by atoms with Crippen molar-refractivity contribution < 1.29 is 23.9 Å². The molecule has 0 heterocycles. The number of amides is 1. The van der Waals surface area contributed by atoms with Gasteiger partial charge in [0, 0.05) is 5.69 Å². The molecule has 0 fully saturated rings. The van der Waals surface area contributed by atoms with Crippen LogP contribution in [0.2, 0.25) is 0 Å². The molecule has 31 heavy (non-hydrogen) atoms. The van der Waals surface area contributed by atoms with E-state index in [1.165, 1.54) is 0 Å². The minimum absolute atomic E-state index is 0.359. The number of nitrogens with one attached hydrogen (secondary N) is 1. The van der Waals surface area contributed by atoms with Crippen LogP contribution in [0.4, 0.5) is 5.69 Å². The molecule has 6 nitrogen and oxygen atoms in total. The Bertz CT molecular complexity index is 1080. The average Bonchev–Trinajstić information content (AvgIpc) is 2.74. The third-order valence-electron chi connectivity index (χ3n) is 4.74. The number of benzene rings is 3. The molecular weight excluding hydrogens is 413 g/mol. The first-order chi connectivity index (χ1) is 14.9. The SMILES string of the molecule is CCCCOc1cccc(-c2ccccc2)c1C(=O)Nc1ccccc1CP(=O)(O)O. The van der Waals surface area contributed by atoms with E-state index >= 15 is 0 Å². The molecule has 3 rings (SSSR count). The molecule has 0 saturated carbocycles. The molecule has 0 aromatic heterocycles. The summed E-state index contributed by atoms with van der Waals surface area (Å²) in [4.78, 5) is 32.2. The van der Waals surface area contributed by atoms with Crippen molar-refractivity contribution in [3.8, 4) is 16.9 Å². The van der Waals surface area contributed by atoms with Crippen molar-refractivity contribution in [2.24, 2.45) is 0 Å². The standard InChI is InChI=1S/C24H26NO5P/c1-2-3-16-30-22-15-9-13-20(18-10-5-4-6-11-18)23(22)24(26)25-21-14-8-7-12-19(21)17-31(27,28)29/h4-15H,2-3,16-17H2,1H3,(H,25,26)(H2,27,28,29). The van der Waals surface area contributed by atoms with E-state index in [1.807, 2.05) is 42.5 Å². The molecule has 0 spiro atoms. The Morgan fingerprint density at radius 3 is 2.39 bits per heavy atom. The fraction of sp³-hybridized carbons (Fsp3) is 0.208. The number of carbonyl (C=O) groups excluding carboxylic acids is 1. The molecular formula is C24H26NO5P. The van der Waals surface area contributed by atoms with Crippen molar-refractivity contribution in [2.75, 3.05) is 11.9 Å². The van der Waals surface area contributed by atoms with Crippen molar-refractivity contribution in [1.82, 2.24) is 0 Å². The van der Waals surface area contributed by atoms with Crippen LogP contribution in [0.15, 0.2) is 72.8 Å². The van der Waals surface area contributed by atoms with E-state index in [4.69, 9.17) is 4.74 Å². The average molecular weight is 439 g/mol. The largest absolute Gasteiger partial charge is 0.493 e. The Kier molecular flexibility index (Phi) is 7.64. The third kappa shape index (κ3) is 6.28. The Morgan fingerprint density at radius 2 is 1.68 bits per heavy atom. The van der Waals surface area contributed by atoms with Crippen LogP contribution in [0.25, 0.3) is 11.1 Å². The zero-order valence-electron chi connectivity index (χ0n) is 17.3. The van der Waals surface area contributed by atoms with Crippen molar-refractivity contribution in [3.05, 3.63) is 83.9 Å². The third-order valence-corrected chi connectivity index (χ3v) is 5.49. The monoisotopic (exact) mass is 439 g/mol. The number of rotatable bonds is 9. The number of hydrogen-bond donors (Lipinski definition) is 3. The lowest BCUT2D eigenvalue weighted by Gasteiger charge is -2.17. The summed E-state index contributed by atoms with van der Waals surface area (Å²) in [5, 5.41) is 2.83. The van der Waals surface area contributed by atoms with Gasteiger partial charge in [-0.1, -0.05) is 74.0 Å². The summed E-state index contributed by atoms with van der Waals surface area (Å²) >= 11 is 0. The van der Waals surface area contributed by atoms with Crippen LogP contribution in [-0.4, -0.2) is 22.3 Å². The van der Waals surface area contributed by atoms with Gasteiger partial charge in [0.15, 0.2) is 0 Å². The predicted octanol–water partition coefficient (Wildman–Crippen LogP) is 5.46. The normalized spacial score (nSPS) is 11.2. The molecule has 0 atom stereocenters. The van der Waals surface area contributed by atoms with Gasteiger partial charge in [-0.05, 0) is 35.2 Å². The van der Waals surface area contributed by atoms with Gasteiger partial charge in [-0.3, -0.25) is 9.36 Å². The molecule has 0 bridgehead atoms. The van der Waals surface area contributed by atoms with Gasteiger partial charge in [0.1, 0.15) is 5.75 Å². The number of hydrogen-bond acceptors (Lipinski definition) is 3. The summed E-state index contributed by atoms with van der Waals surface area (Å²) in [6.07, 6.45) is 1.38. The van der Waals surface area contributed by atoms with Crippen LogP contribution in [0, 0.1) is 0 Å². The molecule has 7 heteroatoms. The number of para-hydroxylation sites is 1. The molecule has 0 unspecified atom stereocenters. The lowest BCUT2D eigenvalue weighted by molar-refractivity contribution is 0.102. The topological polar surface area (TPSA) is 95.9 Å². The number of unbranched alkanes of at least 4 members (excludes halogenated alkanes) is 1. The molecule has 0 radical (unpaired) electrons. The first-order valence-electron chi connectivity index (χ1n) is 10.1. The summed E-state index contributed by atoms with van der Waals surface area (Å²) in [6, 6.07) is 21.6. The van der Waals surface area contributed by atoms with Crippen LogP contribution < -0.4 is 10.1 Å². The summed E-state index contributed by atoms with van der Waals surface area (Å²) in [7, 11) is -4.29. The quantitative estimate of drug-likeness (QED) is 0.304. The van der Waals surface area contributed by atoms with E-state index < -0.39 is 19.7 Å².